The van der Waals surface area contributed by atoms with Crippen LogP contribution in [0.25, 0.3) is 0 Å². The van der Waals surface area contributed by atoms with E-state index in [0.29, 0.717) is 13.0 Å². The minimum atomic E-state index is -1.27. The summed E-state index contributed by atoms with van der Waals surface area (Å²) in [4.78, 5) is 10.1. The molecule has 1 aliphatic rings. The summed E-state index contributed by atoms with van der Waals surface area (Å²) in [5, 5.41) is 8.24. The van der Waals surface area contributed by atoms with E-state index in [-0.39, 0.29) is 0 Å². The molecule has 10 heavy (non-hydrogen) atoms. The second-order valence-electron chi connectivity index (χ2n) is 2.45. The molecule has 1 N–H and O–H groups in total. The molecule has 4 heteroatoms. The fraction of sp³-hybridized carbons (Fsp3) is 0.833. The largest absolute Gasteiger partial charge is 0.508 e. The maximum Gasteiger partial charge on any atom is 0.508 e. The quantitative estimate of drug-likeness (QED) is 0.565. The molecule has 0 bridgehead atoms. The first kappa shape index (κ1) is 7.34. The van der Waals surface area contributed by atoms with Crippen LogP contribution in [-0.2, 0) is 9.47 Å². The first-order valence-corrected chi connectivity index (χ1v) is 3.18. The maximum atomic E-state index is 10.1. The third-order valence-corrected chi connectivity index (χ3v) is 1.49. The van der Waals surface area contributed by atoms with Crippen LogP contribution < -0.4 is 0 Å². The van der Waals surface area contributed by atoms with Crippen LogP contribution in [-0.4, -0.2) is 23.7 Å². The Balaban J connectivity index is 2.43. The highest BCUT2D eigenvalue weighted by Gasteiger charge is 2.33. The predicted molar refractivity (Wildman–Crippen MR) is 32.7 cm³/mol. The molecule has 1 saturated heterocycles. The van der Waals surface area contributed by atoms with Crippen LogP contribution in [0.3, 0.4) is 0 Å². The summed E-state index contributed by atoms with van der Waals surface area (Å²) in [6, 6.07) is 0. The van der Waals surface area contributed by atoms with Crippen LogP contribution >= 0.6 is 0 Å². The molecule has 1 atom stereocenters. The molecule has 0 aromatic carbocycles. The fourth-order valence-electron chi connectivity index (χ4n) is 1.02. The zero-order chi connectivity index (χ0) is 7.61. The summed E-state index contributed by atoms with van der Waals surface area (Å²) in [6.45, 7) is 2.22. The molecule has 4 nitrogen and oxygen atoms in total. The molecular weight excluding hydrogens is 136 g/mol. The maximum absolute atomic E-state index is 10.1. The molecule has 1 heterocycles. The van der Waals surface area contributed by atoms with Crippen molar-refractivity contribution in [2.45, 2.75) is 25.6 Å². The topological polar surface area (TPSA) is 55.8 Å². The van der Waals surface area contributed by atoms with E-state index >= 15 is 0 Å². The number of hydrogen-bond donors (Lipinski definition) is 1. The molecule has 1 fully saturated rings. The lowest BCUT2D eigenvalue weighted by Crippen LogP contribution is -2.29. The third-order valence-electron chi connectivity index (χ3n) is 1.49. The van der Waals surface area contributed by atoms with Crippen molar-refractivity contribution in [1.29, 1.82) is 0 Å². The van der Waals surface area contributed by atoms with Crippen LogP contribution in [0.4, 0.5) is 4.79 Å². The standard InChI is InChI=1S/C6H10O4/c1-6(10-5(7)8)3-2-4-9-6/h2-4H2,1H3,(H,7,8)/t6-/m1/s1. The van der Waals surface area contributed by atoms with E-state index < -0.39 is 11.9 Å². The van der Waals surface area contributed by atoms with Crippen LogP contribution in [0.2, 0.25) is 0 Å². The molecule has 1 aliphatic heterocycles. The minimum Gasteiger partial charge on any atom is -0.450 e. The predicted octanol–water partition coefficient (Wildman–Crippen LogP) is 1.21. The van der Waals surface area contributed by atoms with Crippen molar-refractivity contribution in [3.8, 4) is 0 Å². The number of rotatable bonds is 1. The summed E-state index contributed by atoms with van der Waals surface area (Å²) in [5.74, 6) is -0.883. The van der Waals surface area contributed by atoms with Crippen molar-refractivity contribution in [3.63, 3.8) is 0 Å². The van der Waals surface area contributed by atoms with E-state index in [1.165, 1.54) is 0 Å². The Morgan fingerprint density at radius 2 is 2.50 bits per heavy atom. The van der Waals surface area contributed by atoms with Gasteiger partial charge in [0.25, 0.3) is 0 Å². The Morgan fingerprint density at radius 3 is 2.90 bits per heavy atom. The van der Waals surface area contributed by atoms with E-state index in [0.717, 1.165) is 6.42 Å². The van der Waals surface area contributed by atoms with Crippen LogP contribution in [0.5, 0.6) is 0 Å². The SMILES string of the molecule is C[C@@]1(OC(=O)O)CCCO1. The molecule has 0 amide bonds. The molecule has 0 aromatic heterocycles. The van der Waals surface area contributed by atoms with Gasteiger partial charge in [-0.3, -0.25) is 0 Å². The van der Waals surface area contributed by atoms with Crippen molar-refractivity contribution in [2.75, 3.05) is 6.61 Å². The minimum absolute atomic E-state index is 0.587. The van der Waals surface area contributed by atoms with Gasteiger partial charge >= 0.3 is 6.16 Å². The van der Waals surface area contributed by atoms with Crippen molar-refractivity contribution in [1.82, 2.24) is 0 Å². The lowest BCUT2D eigenvalue weighted by molar-refractivity contribution is -0.167. The first-order valence-electron chi connectivity index (χ1n) is 3.18. The zero-order valence-electron chi connectivity index (χ0n) is 5.79. The second-order valence-corrected chi connectivity index (χ2v) is 2.45. The Labute approximate surface area is 58.7 Å². The number of carboxylic acid groups (broad SMARTS) is 1. The third kappa shape index (κ3) is 1.60. The van der Waals surface area contributed by atoms with Crippen molar-refractivity contribution in [3.05, 3.63) is 0 Å². The van der Waals surface area contributed by atoms with Gasteiger partial charge in [-0.15, -0.1) is 0 Å². The van der Waals surface area contributed by atoms with Gasteiger partial charge in [0.15, 0.2) is 0 Å². The second kappa shape index (κ2) is 2.46. The average Bonchev–Trinajstić information content (AvgIpc) is 2.12. The molecule has 0 unspecified atom stereocenters. The van der Waals surface area contributed by atoms with Gasteiger partial charge in [-0.1, -0.05) is 0 Å². The molecule has 1 rings (SSSR count). The highest BCUT2D eigenvalue weighted by Crippen LogP contribution is 2.25. The van der Waals surface area contributed by atoms with E-state index in [1.54, 1.807) is 6.92 Å². The monoisotopic (exact) mass is 146 g/mol. The average molecular weight is 146 g/mol. The van der Waals surface area contributed by atoms with Crippen molar-refractivity contribution >= 4 is 6.16 Å². The van der Waals surface area contributed by atoms with Gasteiger partial charge in [0.2, 0.25) is 5.79 Å². The normalized spacial score (nSPS) is 32.1. The summed E-state index contributed by atoms with van der Waals surface area (Å²) in [6.07, 6.45) is 0.243. The van der Waals surface area contributed by atoms with Crippen LogP contribution in [0, 0.1) is 0 Å². The van der Waals surface area contributed by atoms with E-state index in [4.69, 9.17) is 9.84 Å². The van der Waals surface area contributed by atoms with Gasteiger partial charge in [0, 0.05) is 13.3 Å². The molecule has 0 saturated carbocycles. The molecule has 0 aliphatic carbocycles. The fourth-order valence-corrected chi connectivity index (χ4v) is 1.02. The summed E-state index contributed by atoms with van der Waals surface area (Å²) in [5.41, 5.74) is 0. The lowest BCUT2D eigenvalue weighted by Gasteiger charge is -2.20. The van der Waals surface area contributed by atoms with Crippen LogP contribution in [0.15, 0.2) is 0 Å². The first-order chi connectivity index (χ1) is 4.62. The van der Waals surface area contributed by atoms with Crippen LogP contribution in [0.1, 0.15) is 19.8 Å². The van der Waals surface area contributed by atoms with Gasteiger partial charge in [-0.25, -0.2) is 4.79 Å². The molecule has 58 valence electrons. The van der Waals surface area contributed by atoms with Crippen molar-refractivity contribution < 1.29 is 19.4 Å². The van der Waals surface area contributed by atoms with Gasteiger partial charge < -0.3 is 14.6 Å². The molecule has 0 aromatic rings. The Morgan fingerprint density at radius 1 is 1.80 bits per heavy atom. The highest BCUT2D eigenvalue weighted by atomic mass is 16.8. The Kier molecular flexibility index (Phi) is 1.80. The number of carbonyl (C=O) groups is 1. The summed E-state index contributed by atoms with van der Waals surface area (Å²) in [7, 11) is 0. The smallest absolute Gasteiger partial charge is 0.450 e. The molecule has 0 spiro atoms. The number of hydrogen-bond acceptors (Lipinski definition) is 3. The van der Waals surface area contributed by atoms with Crippen molar-refractivity contribution in [2.24, 2.45) is 0 Å². The lowest BCUT2D eigenvalue weighted by atomic mass is 10.2. The molecular formula is C6H10O4. The molecule has 0 radical (unpaired) electrons. The number of ether oxygens (including phenoxy) is 2. The summed E-state index contributed by atoms with van der Waals surface area (Å²) < 4.78 is 9.54. The van der Waals surface area contributed by atoms with E-state index in [2.05, 4.69) is 4.74 Å². The van der Waals surface area contributed by atoms with E-state index in [9.17, 15) is 4.79 Å². The van der Waals surface area contributed by atoms with Gasteiger partial charge in [0.1, 0.15) is 0 Å². The zero-order valence-corrected chi connectivity index (χ0v) is 5.79. The van der Waals surface area contributed by atoms with Gasteiger partial charge in [-0.2, -0.15) is 0 Å². The van der Waals surface area contributed by atoms with E-state index in [1.807, 2.05) is 0 Å². The summed E-state index contributed by atoms with van der Waals surface area (Å²) >= 11 is 0. The highest BCUT2D eigenvalue weighted by molar-refractivity contribution is 5.57. The van der Waals surface area contributed by atoms with Gasteiger partial charge in [0.05, 0.1) is 6.61 Å². The Bertz CT molecular complexity index is 137. The van der Waals surface area contributed by atoms with Gasteiger partial charge in [-0.05, 0) is 6.42 Å². The Hall–Kier alpha value is -0.770.